The first-order chi connectivity index (χ1) is 19.7. The minimum atomic E-state index is -4.39. The number of anilines is 1. The van der Waals surface area contributed by atoms with Crippen LogP contribution in [0.1, 0.15) is 52.3 Å². The number of esters is 2. The molecule has 0 aliphatic heterocycles. The van der Waals surface area contributed by atoms with Crippen LogP contribution in [-0.2, 0) is 50.4 Å². The molecule has 14 heteroatoms. The van der Waals surface area contributed by atoms with E-state index >= 15 is 0 Å². The number of hydrogen-bond donors (Lipinski definition) is 2. The van der Waals surface area contributed by atoms with Crippen molar-refractivity contribution in [3.63, 3.8) is 0 Å². The molecule has 0 bridgehead atoms. The van der Waals surface area contributed by atoms with Gasteiger partial charge in [0.2, 0.25) is 0 Å². The van der Waals surface area contributed by atoms with Crippen LogP contribution in [0.15, 0.2) is 24.3 Å². The highest BCUT2D eigenvalue weighted by atomic mass is 31.2. The number of para-hydroxylation sites is 1. The number of nitrogens with two attached hydrogens (primary N) is 1. The summed E-state index contributed by atoms with van der Waals surface area (Å²) >= 11 is 0. The van der Waals surface area contributed by atoms with E-state index in [9.17, 15) is 19.0 Å². The van der Waals surface area contributed by atoms with Gasteiger partial charge in [0.15, 0.2) is 11.9 Å². The summed E-state index contributed by atoms with van der Waals surface area (Å²) in [7, 11) is -4.39. The Morgan fingerprint density at radius 1 is 1.02 bits per heavy atom. The molecule has 226 valence electrons. The number of aromatic nitrogens is 3. The number of phosphoric acid groups is 1. The van der Waals surface area contributed by atoms with E-state index in [0.717, 1.165) is 35.1 Å². The molecule has 2 atom stereocenters. The molecule has 41 heavy (non-hydrogen) atoms. The number of unbranched alkanes of at least 4 members (excludes halogenated alkanes) is 1. The molecule has 3 rings (SSSR count). The van der Waals surface area contributed by atoms with Crippen LogP contribution in [0.5, 0.6) is 0 Å². The van der Waals surface area contributed by atoms with Crippen LogP contribution < -0.4 is 5.73 Å². The lowest BCUT2D eigenvalue weighted by atomic mass is 10.2. The first-order valence-electron chi connectivity index (χ1n) is 13.8. The van der Waals surface area contributed by atoms with Crippen molar-refractivity contribution < 1.29 is 42.3 Å². The minimum Gasteiger partial charge on any atom is -0.462 e. The maximum atomic E-state index is 12.5. The average Bonchev–Trinajstić information content (AvgIpc) is 3.33. The molecular formula is C27H39N4O9P. The Kier molecular flexibility index (Phi) is 12.5. The lowest BCUT2D eigenvalue weighted by Gasteiger charge is -2.18. The SMILES string of the molecule is CCCCc1nc2c(N)nc3ccccc3c2n1CCOP(=O)(O)OCCOC[C@@H](COC(=O)CC)OC(=O)CC. The van der Waals surface area contributed by atoms with Gasteiger partial charge in [-0.15, -0.1) is 0 Å². The Hall–Kier alpha value is -3.09. The Bertz CT molecular complexity index is 1360. The van der Waals surface area contributed by atoms with Gasteiger partial charge in [-0.05, 0) is 12.5 Å². The highest BCUT2D eigenvalue weighted by molar-refractivity contribution is 7.47. The minimum absolute atomic E-state index is 0.0805. The molecule has 0 saturated heterocycles. The number of nitrogens with zero attached hydrogens (tertiary/aromatic N) is 3. The van der Waals surface area contributed by atoms with Crippen molar-refractivity contribution in [2.75, 3.05) is 38.8 Å². The number of rotatable bonds is 18. The van der Waals surface area contributed by atoms with Gasteiger partial charge in [0.05, 0.1) is 37.5 Å². The highest BCUT2D eigenvalue weighted by Crippen LogP contribution is 2.43. The Morgan fingerprint density at radius 2 is 1.76 bits per heavy atom. The number of aryl methyl sites for hydroxylation is 1. The standard InChI is InChI=1S/C27H39N4O9P/c1-4-7-12-22-30-25-26(20-10-8-9-11-21(20)29-27(25)28)31(22)13-14-38-41(34,35)39-16-15-36-17-19(40-24(33)6-3)18-37-23(32)5-2/h8-11,19H,4-7,12-18H2,1-3H3,(H2,28,29)(H,34,35)/t19-/m0/s1. The second kappa shape index (κ2) is 15.8. The normalized spacial score (nSPS) is 13.8. The highest BCUT2D eigenvalue weighted by Gasteiger charge is 2.23. The predicted octanol–water partition coefficient (Wildman–Crippen LogP) is 3.93. The molecule has 2 heterocycles. The zero-order valence-electron chi connectivity index (χ0n) is 23.7. The Morgan fingerprint density at radius 3 is 2.49 bits per heavy atom. The fourth-order valence-corrected chi connectivity index (χ4v) is 4.75. The van der Waals surface area contributed by atoms with Crippen molar-refractivity contribution in [3.8, 4) is 0 Å². The third kappa shape index (κ3) is 9.47. The second-order valence-corrected chi connectivity index (χ2v) is 10.7. The topological polar surface area (TPSA) is 174 Å². The molecule has 1 unspecified atom stereocenters. The van der Waals surface area contributed by atoms with Gasteiger partial charge in [0.25, 0.3) is 0 Å². The number of carbonyl (C=O) groups excluding carboxylic acids is 2. The summed E-state index contributed by atoms with van der Waals surface area (Å²) in [4.78, 5) is 42.4. The largest absolute Gasteiger partial charge is 0.472 e. The molecule has 0 aliphatic rings. The van der Waals surface area contributed by atoms with Crippen LogP contribution in [0.4, 0.5) is 5.82 Å². The van der Waals surface area contributed by atoms with Crippen LogP contribution in [-0.4, -0.2) is 70.5 Å². The van der Waals surface area contributed by atoms with Gasteiger partial charge >= 0.3 is 19.8 Å². The number of fused-ring (bicyclic) bond motifs is 3. The number of hydrogen-bond acceptors (Lipinski definition) is 11. The molecule has 13 nitrogen and oxygen atoms in total. The number of benzene rings is 1. The molecule has 2 aromatic heterocycles. The summed E-state index contributed by atoms with van der Waals surface area (Å²) in [6, 6.07) is 7.60. The first kappa shape index (κ1) is 32.4. The van der Waals surface area contributed by atoms with Crippen LogP contribution in [0.25, 0.3) is 21.9 Å². The third-order valence-electron chi connectivity index (χ3n) is 6.10. The number of pyridine rings is 1. The average molecular weight is 595 g/mol. The Labute approximate surface area is 238 Å². The monoisotopic (exact) mass is 594 g/mol. The van der Waals surface area contributed by atoms with Crippen LogP contribution in [0.2, 0.25) is 0 Å². The van der Waals surface area contributed by atoms with Crippen molar-refractivity contribution in [2.45, 2.75) is 65.5 Å². The van der Waals surface area contributed by atoms with E-state index in [1.165, 1.54) is 0 Å². The van der Waals surface area contributed by atoms with Gasteiger partial charge in [0, 0.05) is 31.2 Å². The van der Waals surface area contributed by atoms with Crippen LogP contribution in [0.3, 0.4) is 0 Å². The quantitative estimate of drug-likeness (QED) is 0.124. The van der Waals surface area contributed by atoms with E-state index < -0.39 is 25.9 Å². The number of carbonyl (C=O) groups is 2. The summed E-state index contributed by atoms with van der Waals surface area (Å²) in [5.74, 6) is 0.215. The summed E-state index contributed by atoms with van der Waals surface area (Å²) in [6.07, 6.45) is 2.13. The van der Waals surface area contributed by atoms with Crippen molar-refractivity contribution in [1.29, 1.82) is 0 Å². The fraction of sp³-hybridized carbons (Fsp3) is 0.556. The number of imidazole rings is 1. The first-order valence-corrected chi connectivity index (χ1v) is 15.3. The van der Waals surface area contributed by atoms with E-state index in [1.54, 1.807) is 13.8 Å². The Balaban J connectivity index is 1.56. The van der Waals surface area contributed by atoms with Crippen LogP contribution in [0, 0.1) is 0 Å². The zero-order valence-corrected chi connectivity index (χ0v) is 24.6. The van der Waals surface area contributed by atoms with Gasteiger partial charge in [-0.25, -0.2) is 14.5 Å². The van der Waals surface area contributed by atoms with Gasteiger partial charge in [-0.2, -0.15) is 0 Å². The van der Waals surface area contributed by atoms with E-state index in [-0.39, 0.29) is 52.4 Å². The molecule has 0 spiro atoms. The number of phosphoric ester groups is 1. The van der Waals surface area contributed by atoms with Crippen molar-refractivity contribution in [1.82, 2.24) is 14.5 Å². The van der Waals surface area contributed by atoms with E-state index in [1.807, 2.05) is 28.8 Å². The molecule has 0 amide bonds. The van der Waals surface area contributed by atoms with E-state index in [2.05, 4.69) is 11.9 Å². The zero-order chi connectivity index (χ0) is 29.8. The van der Waals surface area contributed by atoms with E-state index in [0.29, 0.717) is 17.8 Å². The van der Waals surface area contributed by atoms with Crippen molar-refractivity contribution in [3.05, 3.63) is 30.1 Å². The van der Waals surface area contributed by atoms with Gasteiger partial charge in [-0.3, -0.25) is 18.6 Å². The van der Waals surface area contributed by atoms with Crippen LogP contribution >= 0.6 is 7.82 Å². The molecule has 0 aliphatic carbocycles. The lowest BCUT2D eigenvalue weighted by molar-refractivity contribution is -0.162. The molecular weight excluding hydrogens is 555 g/mol. The molecule has 3 aromatic rings. The fourth-order valence-electron chi connectivity index (χ4n) is 4.06. The van der Waals surface area contributed by atoms with Gasteiger partial charge in [-0.1, -0.05) is 45.4 Å². The lowest BCUT2D eigenvalue weighted by Crippen LogP contribution is -2.30. The third-order valence-corrected chi connectivity index (χ3v) is 7.12. The maximum Gasteiger partial charge on any atom is 0.472 e. The van der Waals surface area contributed by atoms with Crippen molar-refractivity contribution >= 4 is 47.5 Å². The van der Waals surface area contributed by atoms with Gasteiger partial charge in [0.1, 0.15) is 17.9 Å². The number of ether oxygens (including phenoxy) is 3. The molecule has 3 N–H and O–H groups in total. The molecule has 0 saturated carbocycles. The second-order valence-electron chi connectivity index (χ2n) is 9.21. The molecule has 1 aromatic carbocycles. The van der Waals surface area contributed by atoms with Crippen molar-refractivity contribution in [2.24, 2.45) is 0 Å². The molecule has 0 radical (unpaired) electrons. The summed E-state index contributed by atoms with van der Waals surface area (Å²) < 4.78 is 40.4. The summed E-state index contributed by atoms with van der Waals surface area (Å²) in [6.45, 7) is 4.94. The smallest absolute Gasteiger partial charge is 0.462 e. The summed E-state index contributed by atoms with van der Waals surface area (Å²) in [5, 5.41) is 0.875. The molecule has 0 fully saturated rings. The van der Waals surface area contributed by atoms with E-state index in [4.69, 9.17) is 34.0 Å². The summed E-state index contributed by atoms with van der Waals surface area (Å²) in [5.41, 5.74) is 8.33. The number of nitrogen functional groups attached to an aromatic ring is 1. The maximum absolute atomic E-state index is 12.5. The predicted molar refractivity (Wildman–Crippen MR) is 152 cm³/mol. The van der Waals surface area contributed by atoms with Gasteiger partial charge < -0.3 is 29.4 Å².